The number of unbranched alkanes of at least 4 members (excludes halogenated alkanes) is 3. The van der Waals surface area contributed by atoms with Crippen LogP contribution in [0.3, 0.4) is 0 Å². The number of hydrogen-bond donors (Lipinski definition) is 0. The van der Waals surface area contributed by atoms with Gasteiger partial charge in [0.25, 0.3) is 0 Å². The summed E-state index contributed by atoms with van der Waals surface area (Å²) in [5.74, 6) is 3.23. The number of carbonyl (C=O) groups is 1. The lowest BCUT2D eigenvalue weighted by Gasteiger charge is -2.27. The first-order valence-corrected chi connectivity index (χ1v) is 14.3. The molecule has 3 rings (SSSR count). The first-order chi connectivity index (χ1) is 17.6. The van der Waals surface area contributed by atoms with Gasteiger partial charge in [-0.05, 0) is 98.2 Å². The van der Waals surface area contributed by atoms with Crippen molar-refractivity contribution in [1.29, 1.82) is 0 Å². The van der Waals surface area contributed by atoms with Crippen molar-refractivity contribution in [1.82, 2.24) is 0 Å². The topological polar surface area (TPSA) is 35.5 Å². The van der Waals surface area contributed by atoms with E-state index in [9.17, 15) is 4.79 Å². The fraction of sp³-hybridized carbons (Fsp3) is 0.545. The largest absolute Gasteiger partial charge is 0.494 e. The predicted octanol–water partition coefficient (Wildman–Crippen LogP) is 9.52. The molecular weight excluding hydrogens is 444 g/mol. The Labute approximate surface area is 219 Å². The lowest BCUT2D eigenvalue weighted by Crippen LogP contribution is -2.12. The smallest absolute Gasteiger partial charge is 0.343 e. The second-order valence-electron chi connectivity index (χ2n) is 10.5. The van der Waals surface area contributed by atoms with Gasteiger partial charge in [-0.25, -0.2) is 4.79 Å². The van der Waals surface area contributed by atoms with Gasteiger partial charge in [0.15, 0.2) is 0 Å². The van der Waals surface area contributed by atoms with Crippen LogP contribution in [-0.4, -0.2) is 12.6 Å². The Balaban J connectivity index is 1.39. The molecule has 1 aliphatic carbocycles. The van der Waals surface area contributed by atoms with Crippen molar-refractivity contribution in [3.63, 3.8) is 0 Å². The molecule has 0 aromatic heterocycles. The molecule has 2 aromatic rings. The quantitative estimate of drug-likeness (QED) is 0.114. The van der Waals surface area contributed by atoms with Crippen molar-refractivity contribution in [3.05, 3.63) is 71.8 Å². The van der Waals surface area contributed by atoms with Gasteiger partial charge in [0.1, 0.15) is 11.5 Å². The van der Waals surface area contributed by atoms with Crippen LogP contribution in [-0.2, 0) is 0 Å². The molecule has 1 aliphatic rings. The molecule has 0 heterocycles. The highest BCUT2D eigenvalue weighted by Crippen LogP contribution is 2.37. The van der Waals surface area contributed by atoms with Crippen LogP contribution in [0.15, 0.2) is 60.7 Å². The van der Waals surface area contributed by atoms with Crippen LogP contribution < -0.4 is 9.47 Å². The van der Waals surface area contributed by atoms with Crippen LogP contribution in [0, 0.1) is 11.8 Å². The molecular formula is C33H46O3. The normalized spacial score (nSPS) is 18.8. The summed E-state index contributed by atoms with van der Waals surface area (Å²) >= 11 is 0. The highest BCUT2D eigenvalue weighted by molar-refractivity contribution is 5.91. The number of ether oxygens (including phenoxy) is 2. The Morgan fingerprint density at radius 3 is 2.28 bits per heavy atom. The minimum Gasteiger partial charge on any atom is -0.494 e. The lowest BCUT2D eigenvalue weighted by molar-refractivity contribution is 0.0734. The van der Waals surface area contributed by atoms with E-state index in [4.69, 9.17) is 9.47 Å². The van der Waals surface area contributed by atoms with Crippen LogP contribution >= 0.6 is 0 Å². The molecule has 1 fully saturated rings. The summed E-state index contributed by atoms with van der Waals surface area (Å²) in [6.07, 6.45) is 18.3. The summed E-state index contributed by atoms with van der Waals surface area (Å²) in [5.41, 5.74) is 1.89. The summed E-state index contributed by atoms with van der Waals surface area (Å²) in [5, 5.41) is 0. The molecule has 0 spiro atoms. The van der Waals surface area contributed by atoms with Crippen molar-refractivity contribution < 1.29 is 14.3 Å². The molecule has 0 unspecified atom stereocenters. The number of carbonyl (C=O) groups excluding carboxylic acids is 1. The third-order valence-corrected chi connectivity index (χ3v) is 7.59. The van der Waals surface area contributed by atoms with E-state index in [-0.39, 0.29) is 5.97 Å². The van der Waals surface area contributed by atoms with E-state index in [0.29, 0.717) is 23.8 Å². The standard InChI is InChI=1S/C33H46O3/c1-4-6-8-12-27-13-15-28(16-14-27)29-17-23-32(24-18-29)36-33(34)30-19-21-31(22-20-30)35-25-10-7-9-11-26(3)5-2/h8,12,17-24,26-28H,4-7,9-11,13-16,25H2,1-3H3/t26-,27?,28?/m0/s1. The highest BCUT2D eigenvalue weighted by atomic mass is 16.5. The fourth-order valence-electron chi connectivity index (χ4n) is 4.93. The third kappa shape index (κ3) is 9.48. The number of allylic oxidation sites excluding steroid dienone is 2. The maximum absolute atomic E-state index is 12.6. The Morgan fingerprint density at radius 2 is 1.61 bits per heavy atom. The SMILES string of the molecule is CCCC=CC1CCC(c2ccc(OC(=O)c3ccc(OCCCCC[C@@H](C)CC)cc3)cc2)CC1. The maximum Gasteiger partial charge on any atom is 0.343 e. The molecule has 1 saturated carbocycles. The zero-order valence-corrected chi connectivity index (χ0v) is 22.7. The molecule has 0 amide bonds. The van der Waals surface area contributed by atoms with E-state index in [2.05, 4.69) is 45.1 Å². The van der Waals surface area contributed by atoms with E-state index in [1.807, 2.05) is 24.3 Å². The van der Waals surface area contributed by atoms with Crippen molar-refractivity contribution in [2.24, 2.45) is 11.8 Å². The second-order valence-corrected chi connectivity index (χ2v) is 10.5. The van der Waals surface area contributed by atoms with Gasteiger partial charge in [0.05, 0.1) is 12.2 Å². The molecule has 3 heteroatoms. The predicted molar refractivity (Wildman–Crippen MR) is 150 cm³/mol. The van der Waals surface area contributed by atoms with Gasteiger partial charge in [0.2, 0.25) is 0 Å². The van der Waals surface area contributed by atoms with E-state index >= 15 is 0 Å². The number of hydrogen-bond acceptors (Lipinski definition) is 3. The van der Waals surface area contributed by atoms with Crippen molar-refractivity contribution in [2.75, 3.05) is 6.61 Å². The van der Waals surface area contributed by atoms with Crippen LogP contribution in [0.2, 0.25) is 0 Å². The molecule has 3 nitrogen and oxygen atoms in total. The monoisotopic (exact) mass is 490 g/mol. The molecule has 1 atom stereocenters. The summed E-state index contributed by atoms with van der Waals surface area (Å²) in [4.78, 5) is 12.6. The van der Waals surface area contributed by atoms with Crippen LogP contribution in [0.25, 0.3) is 0 Å². The van der Waals surface area contributed by atoms with Gasteiger partial charge in [-0.2, -0.15) is 0 Å². The van der Waals surface area contributed by atoms with E-state index in [1.165, 1.54) is 69.8 Å². The van der Waals surface area contributed by atoms with E-state index in [1.54, 1.807) is 12.1 Å². The first kappa shape index (κ1) is 28.0. The van der Waals surface area contributed by atoms with Crippen molar-refractivity contribution in [3.8, 4) is 11.5 Å². The zero-order chi connectivity index (χ0) is 25.6. The Hall–Kier alpha value is -2.55. The minimum absolute atomic E-state index is 0.335. The minimum atomic E-state index is -0.335. The average Bonchev–Trinajstić information content (AvgIpc) is 2.92. The Bertz CT molecular complexity index is 905. The molecule has 0 radical (unpaired) electrons. The number of rotatable bonds is 14. The van der Waals surface area contributed by atoms with Crippen LogP contribution in [0.1, 0.15) is 113 Å². The molecule has 0 N–H and O–H groups in total. The van der Waals surface area contributed by atoms with Crippen molar-refractivity contribution in [2.45, 2.75) is 97.3 Å². The molecule has 2 aromatic carbocycles. The van der Waals surface area contributed by atoms with Crippen LogP contribution in [0.4, 0.5) is 0 Å². The Morgan fingerprint density at radius 1 is 0.917 bits per heavy atom. The summed E-state index contributed by atoms with van der Waals surface area (Å²) in [7, 11) is 0. The van der Waals surface area contributed by atoms with Crippen LogP contribution in [0.5, 0.6) is 11.5 Å². The zero-order valence-electron chi connectivity index (χ0n) is 22.7. The van der Waals surface area contributed by atoms with Gasteiger partial charge >= 0.3 is 5.97 Å². The average molecular weight is 491 g/mol. The van der Waals surface area contributed by atoms with Gasteiger partial charge in [-0.15, -0.1) is 0 Å². The number of esters is 1. The van der Waals surface area contributed by atoms with Crippen molar-refractivity contribution >= 4 is 5.97 Å². The van der Waals surface area contributed by atoms with E-state index < -0.39 is 0 Å². The first-order valence-electron chi connectivity index (χ1n) is 14.3. The molecule has 36 heavy (non-hydrogen) atoms. The second kappa shape index (κ2) is 15.5. The maximum atomic E-state index is 12.6. The third-order valence-electron chi connectivity index (χ3n) is 7.59. The number of benzene rings is 2. The summed E-state index contributed by atoms with van der Waals surface area (Å²) in [6.45, 7) is 7.51. The van der Waals surface area contributed by atoms with E-state index in [0.717, 1.165) is 24.0 Å². The molecule has 0 aliphatic heterocycles. The fourth-order valence-corrected chi connectivity index (χ4v) is 4.93. The van der Waals surface area contributed by atoms with Gasteiger partial charge in [-0.1, -0.05) is 77.2 Å². The lowest BCUT2D eigenvalue weighted by atomic mass is 9.78. The highest BCUT2D eigenvalue weighted by Gasteiger charge is 2.21. The molecule has 0 saturated heterocycles. The van der Waals surface area contributed by atoms with Gasteiger partial charge < -0.3 is 9.47 Å². The Kier molecular flexibility index (Phi) is 12.1. The summed E-state index contributed by atoms with van der Waals surface area (Å²) < 4.78 is 11.5. The molecule has 0 bridgehead atoms. The van der Waals surface area contributed by atoms with Gasteiger partial charge in [0, 0.05) is 0 Å². The van der Waals surface area contributed by atoms with Gasteiger partial charge in [-0.3, -0.25) is 0 Å². The molecule has 196 valence electrons. The summed E-state index contributed by atoms with van der Waals surface area (Å²) in [6, 6.07) is 15.4.